The fourth-order valence-electron chi connectivity index (χ4n) is 8.16. The van der Waals surface area contributed by atoms with Gasteiger partial charge in [0, 0.05) is 46.0 Å². The van der Waals surface area contributed by atoms with Crippen LogP contribution < -0.4 is 20.1 Å². The Hall–Kier alpha value is -5.97. The Kier molecular flexibility index (Phi) is 13.9. The summed E-state index contributed by atoms with van der Waals surface area (Å²) in [5.74, 6) is 0.716. The van der Waals surface area contributed by atoms with Crippen LogP contribution in [0.2, 0.25) is 0 Å². The number of carbonyl (C=O) groups is 2. The molecule has 12 nitrogen and oxygen atoms in total. The molecule has 4 heterocycles. The predicted octanol–water partition coefficient (Wildman–Crippen LogP) is 9.88. The molecule has 16 heteroatoms. The Morgan fingerprint density at radius 3 is 1.87 bits per heavy atom. The number of nitrogens with one attached hydrogen (secondary N) is 4. The molecule has 8 rings (SSSR count). The van der Waals surface area contributed by atoms with E-state index < -0.39 is 17.6 Å². The number of amides is 2. The van der Waals surface area contributed by atoms with Gasteiger partial charge in [-0.25, -0.2) is 0 Å². The molecule has 4 N–H and O–H groups in total. The molecular formula is C47H48BrF3N8O4. The minimum atomic E-state index is -4.64. The highest BCUT2D eigenvalue weighted by molar-refractivity contribution is 9.10. The predicted molar refractivity (Wildman–Crippen MR) is 239 cm³/mol. The summed E-state index contributed by atoms with van der Waals surface area (Å²) >= 11 is 3.48. The van der Waals surface area contributed by atoms with E-state index in [9.17, 15) is 22.8 Å². The molecule has 2 saturated heterocycles. The monoisotopic (exact) mass is 924 g/mol. The lowest BCUT2D eigenvalue weighted by atomic mass is 9.88. The second-order valence-electron chi connectivity index (χ2n) is 15.8. The zero-order valence-electron chi connectivity index (χ0n) is 34.5. The van der Waals surface area contributed by atoms with Crippen LogP contribution in [0.1, 0.15) is 69.9 Å². The minimum absolute atomic E-state index is 0.128. The number of piperidine rings is 2. The second kappa shape index (κ2) is 20.0. The molecule has 4 aromatic carbocycles. The number of benzene rings is 4. The van der Waals surface area contributed by atoms with E-state index in [1.807, 2.05) is 30.3 Å². The third kappa shape index (κ3) is 11.2. The molecule has 328 valence electrons. The van der Waals surface area contributed by atoms with Gasteiger partial charge in [-0.3, -0.25) is 29.6 Å². The lowest BCUT2D eigenvalue weighted by molar-refractivity contribution is -0.137. The highest BCUT2D eigenvalue weighted by Crippen LogP contribution is 2.40. The van der Waals surface area contributed by atoms with E-state index >= 15 is 0 Å². The van der Waals surface area contributed by atoms with Crippen LogP contribution in [0.15, 0.2) is 108 Å². The summed E-state index contributed by atoms with van der Waals surface area (Å²) in [6.07, 6.45) is 3.08. The largest absolute Gasteiger partial charge is 0.492 e. The van der Waals surface area contributed by atoms with Gasteiger partial charge in [0.05, 0.1) is 29.0 Å². The molecule has 2 aromatic heterocycles. The maximum atomic E-state index is 14.0. The van der Waals surface area contributed by atoms with E-state index in [2.05, 4.69) is 56.8 Å². The molecule has 63 heavy (non-hydrogen) atoms. The summed E-state index contributed by atoms with van der Waals surface area (Å²) in [5, 5.41) is 19.1. The highest BCUT2D eigenvalue weighted by atomic mass is 79.9. The normalized spacial score (nSPS) is 15.2. The topological polar surface area (TPSA) is 140 Å². The van der Waals surface area contributed by atoms with Crippen molar-refractivity contribution >= 4 is 39.1 Å². The van der Waals surface area contributed by atoms with Crippen molar-refractivity contribution in [2.45, 2.75) is 44.2 Å². The summed E-state index contributed by atoms with van der Waals surface area (Å²) in [5.41, 5.74) is 3.34. The summed E-state index contributed by atoms with van der Waals surface area (Å²) in [6, 6.07) is 26.5. The van der Waals surface area contributed by atoms with Crippen molar-refractivity contribution in [3.8, 4) is 34.0 Å². The maximum Gasteiger partial charge on any atom is 0.420 e. The molecule has 2 aliphatic heterocycles. The van der Waals surface area contributed by atoms with Gasteiger partial charge in [-0.05, 0) is 142 Å². The van der Waals surface area contributed by atoms with Gasteiger partial charge >= 0.3 is 6.18 Å². The summed E-state index contributed by atoms with van der Waals surface area (Å²) < 4.78 is 54.9. The van der Waals surface area contributed by atoms with Gasteiger partial charge in [-0.1, -0.05) is 34.5 Å². The van der Waals surface area contributed by atoms with E-state index in [1.54, 1.807) is 66.9 Å². The van der Waals surface area contributed by atoms with E-state index in [4.69, 9.17) is 9.47 Å². The van der Waals surface area contributed by atoms with Crippen molar-refractivity contribution in [3.05, 3.63) is 130 Å². The molecule has 0 saturated carbocycles. The highest BCUT2D eigenvalue weighted by Gasteiger charge is 2.36. The number of likely N-dealkylation sites (tertiary alicyclic amines) is 2. The number of halogens is 4. The van der Waals surface area contributed by atoms with Gasteiger partial charge in [-0.2, -0.15) is 23.4 Å². The Balaban J connectivity index is 0.857. The first-order valence-corrected chi connectivity index (χ1v) is 21.9. The van der Waals surface area contributed by atoms with Gasteiger partial charge in [0.15, 0.2) is 0 Å². The fourth-order valence-corrected chi connectivity index (χ4v) is 8.52. The number of aromatic nitrogens is 4. The first-order valence-electron chi connectivity index (χ1n) is 21.1. The second-order valence-corrected chi connectivity index (χ2v) is 16.7. The molecule has 0 bridgehead atoms. The number of hydrogen-bond donors (Lipinski definition) is 4. The van der Waals surface area contributed by atoms with Crippen molar-refractivity contribution in [2.24, 2.45) is 0 Å². The number of ether oxygens (including phenoxy) is 2. The molecule has 0 atom stereocenters. The zero-order chi connectivity index (χ0) is 43.8. The summed E-state index contributed by atoms with van der Waals surface area (Å²) in [6.45, 7) is 6.26. The van der Waals surface area contributed by atoms with Crippen LogP contribution in [0, 0.1) is 0 Å². The Bertz CT molecular complexity index is 2460. The van der Waals surface area contributed by atoms with Crippen LogP contribution in [0.5, 0.6) is 11.5 Å². The first kappa shape index (κ1) is 43.7. The standard InChI is InChI=1S/C47H48BrF3N8O4/c48-35-9-15-38(41-16-19-52-56-41)43(29-35)55-46(61)33-6-12-37(13-7-33)63-27-25-59-22-17-31(18-23-59)34-8-14-39(44-40(30-53-57-44)47(49,50)51)42(28-34)54-45(60)32-4-10-36(11-5-32)62-26-24-58-20-2-1-3-21-58/h4-16,19,28-31H,1-3,17-18,20-27H2,(H,52,56)(H,53,57)(H,54,60)(H,55,61). The van der Waals surface area contributed by atoms with Crippen LogP contribution in [-0.4, -0.2) is 94.5 Å². The Morgan fingerprint density at radius 1 is 0.698 bits per heavy atom. The van der Waals surface area contributed by atoms with Crippen LogP contribution in [0.3, 0.4) is 0 Å². The quantitative estimate of drug-likeness (QED) is 0.0799. The average molecular weight is 926 g/mol. The van der Waals surface area contributed by atoms with Crippen molar-refractivity contribution < 1.29 is 32.2 Å². The van der Waals surface area contributed by atoms with Crippen molar-refractivity contribution in [3.63, 3.8) is 0 Å². The van der Waals surface area contributed by atoms with Gasteiger partial charge in [-0.15, -0.1) is 0 Å². The average Bonchev–Trinajstić information content (AvgIpc) is 4.02. The van der Waals surface area contributed by atoms with Gasteiger partial charge in [0.1, 0.15) is 30.3 Å². The third-order valence-corrected chi connectivity index (χ3v) is 12.1. The van der Waals surface area contributed by atoms with Crippen LogP contribution in [0.4, 0.5) is 24.5 Å². The zero-order valence-corrected chi connectivity index (χ0v) is 36.1. The van der Waals surface area contributed by atoms with Gasteiger partial charge in [0.2, 0.25) is 0 Å². The van der Waals surface area contributed by atoms with Gasteiger partial charge in [0.25, 0.3) is 11.8 Å². The molecule has 2 amide bonds. The van der Waals surface area contributed by atoms with Crippen molar-refractivity contribution in [2.75, 3.05) is 63.1 Å². The van der Waals surface area contributed by atoms with E-state index in [1.165, 1.54) is 19.3 Å². The van der Waals surface area contributed by atoms with E-state index in [-0.39, 0.29) is 28.8 Å². The van der Waals surface area contributed by atoms with Crippen molar-refractivity contribution in [1.82, 2.24) is 30.2 Å². The number of rotatable bonds is 15. The Morgan fingerprint density at radius 2 is 1.29 bits per heavy atom. The maximum absolute atomic E-state index is 14.0. The van der Waals surface area contributed by atoms with E-state index in [0.29, 0.717) is 48.1 Å². The molecule has 2 fully saturated rings. The van der Waals surface area contributed by atoms with Crippen LogP contribution >= 0.6 is 15.9 Å². The van der Waals surface area contributed by atoms with Crippen LogP contribution in [-0.2, 0) is 6.18 Å². The summed E-state index contributed by atoms with van der Waals surface area (Å²) in [4.78, 5) is 31.5. The van der Waals surface area contributed by atoms with Gasteiger partial charge < -0.3 is 20.1 Å². The fraction of sp³-hybridized carbons (Fsp3) is 0.319. The number of H-pyrrole nitrogens is 2. The molecule has 6 aromatic rings. The van der Waals surface area contributed by atoms with Crippen molar-refractivity contribution in [1.29, 1.82) is 0 Å². The molecule has 0 aliphatic carbocycles. The molecule has 0 spiro atoms. The lowest BCUT2D eigenvalue weighted by Gasteiger charge is -2.32. The number of alkyl halides is 3. The molecule has 0 radical (unpaired) electrons. The van der Waals surface area contributed by atoms with E-state index in [0.717, 1.165) is 73.1 Å². The number of hydrogen-bond acceptors (Lipinski definition) is 8. The molecule has 0 unspecified atom stereocenters. The molecular weight excluding hydrogens is 877 g/mol. The third-order valence-electron chi connectivity index (χ3n) is 11.6. The minimum Gasteiger partial charge on any atom is -0.492 e. The number of anilines is 2. The Labute approximate surface area is 371 Å². The number of nitrogens with zero attached hydrogens (tertiary/aromatic N) is 4. The summed E-state index contributed by atoms with van der Waals surface area (Å²) in [7, 11) is 0. The SMILES string of the molecule is O=C(Nc1cc(Br)ccc1-c1ccn[nH]1)c1ccc(OCCN2CCC(c3ccc(-c4[nH]ncc4C(F)(F)F)c(NC(=O)c4ccc(OCCN5CCCCC5)cc4)c3)CC2)cc1. The lowest BCUT2D eigenvalue weighted by Crippen LogP contribution is -2.35. The van der Waals surface area contributed by atoms with Crippen LogP contribution in [0.25, 0.3) is 22.5 Å². The number of carbonyl (C=O) groups excluding carboxylic acids is 2. The molecule has 2 aliphatic rings. The number of aromatic amines is 2. The smallest absolute Gasteiger partial charge is 0.420 e. The first-order chi connectivity index (χ1) is 30.6.